The molecule has 0 spiro atoms. The van der Waals surface area contributed by atoms with E-state index in [0.29, 0.717) is 6.04 Å². The zero-order valence-electron chi connectivity index (χ0n) is 12.1. The van der Waals surface area contributed by atoms with E-state index in [1.165, 1.54) is 0 Å². The lowest BCUT2D eigenvalue weighted by atomic mass is 10.0. The van der Waals surface area contributed by atoms with Crippen LogP contribution in [0, 0.1) is 6.92 Å². The minimum absolute atomic E-state index is 0.0549. The first-order chi connectivity index (χ1) is 9.06. The zero-order chi connectivity index (χ0) is 13.8. The highest BCUT2D eigenvalue weighted by molar-refractivity contribution is 5.94. The predicted molar refractivity (Wildman–Crippen MR) is 78.4 cm³/mol. The first-order valence-corrected chi connectivity index (χ1v) is 7.18. The standard InChI is InChI=1S/C16H24N2O/c1-12(2)18-9-5-8-15(11-18)17-16(19)14-7-4-6-13(3)10-14/h4,6-7,10,12,15H,5,8-9,11H2,1-3H3,(H,17,19)/t15-/m1/s1. The van der Waals surface area contributed by atoms with Crippen molar-refractivity contribution in [1.82, 2.24) is 10.2 Å². The molecule has 1 fully saturated rings. The van der Waals surface area contributed by atoms with Crippen LogP contribution in [0.25, 0.3) is 0 Å². The van der Waals surface area contributed by atoms with E-state index in [1.54, 1.807) is 0 Å². The number of carbonyl (C=O) groups is 1. The van der Waals surface area contributed by atoms with Crippen molar-refractivity contribution in [3.63, 3.8) is 0 Å². The molecule has 1 aliphatic heterocycles. The number of nitrogens with zero attached hydrogens (tertiary/aromatic N) is 1. The average molecular weight is 260 g/mol. The number of rotatable bonds is 3. The molecular weight excluding hydrogens is 236 g/mol. The van der Waals surface area contributed by atoms with Gasteiger partial charge in [0, 0.05) is 24.2 Å². The number of carbonyl (C=O) groups excluding carboxylic acids is 1. The maximum Gasteiger partial charge on any atom is 0.251 e. The second-order valence-corrected chi connectivity index (χ2v) is 5.77. The van der Waals surface area contributed by atoms with E-state index in [9.17, 15) is 4.79 Å². The van der Waals surface area contributed by atoms with Gasteiger partial charge in [-0.1, -0.05) is 17.7 Å². The fourth-order valence-corrected chi connectivity index (χ4v) is 2.65. The molecule has 1 heterocycles. The van der Waals surface area contributed by atoms with Crippen LogP contribution >= 0.6 is 0 Å². The Labute approximate surface area is 116 Å². The highest BCUT2D eigenvalue weighted by Gasteiger charge is 2.23. The summed E-state index contributed by atoms with van der Waals surface area (Å²) in [5.74, 6) is 0.0549. The normalized spacial score (nSPS) is 20.5. The summed E-state index contributed by atoms with van der Waals surface area (Å²) in [5.41, 5.74) is 1.89. The van der Waals surface area contributed by atoms with Gasteiger partial charge in [0.15, 0.2) is 0 Å². The lowest BCUT2D eigenvalue weighted by Crippen LogP contribution is -2.49. The van der Waals surface area contributed by atoms with Gasteiger partial charge in [0.1, 0.15) is 0 Å². The van der Waals surface area contributed by atoms with Crippen LogP contribution in [0.1, 0.15) is 42.6 Å². The molecule has 1 aromatic rings. The molecule has 3 nitrogen and oxygen atoms in total. The molecule has 0 unspecified atom stereocenters. The van der Waals surface area contributed by atoms with Crippen LogP contribution in [0.5, 0.6) is 0 Å². The Morgan fingerprint density at radius 1 is 1.42 bits per heavy atom. The summed E-state index contributed by atoms with van der Waals surface area (Å²) in [4.78, 5) is 14.6. The van der Waals surface area contributed by atoms with E-state index in [0.717, 1.165) is 37.1 Å². The number of benzene rings is 1. The molecule has 1 N–H and O–H groups in total. The summed E-state index contributed by atoms with van der Waals surface area (Å²) in [6.45, 7) is 8.55. The van der Waals surface area contributed by atoms with Gasteiger partial charge >= 0.3 is 0 Å². The van der Waals surface area contributed by atoms with E-state index in [-0.39, 0.29) is 11.9 Å². The smallest absolute Gasteiger partial charge is 0.251 e. The van der Waals surface area contributed by atoms with Crippen molar-refractivity contribution in [2.24, 2.45) is 0 Å². The van der Waals surface area contributed by atoms with E-state index >= 15 is 0 Å². The first-order valence-electron chi connectivity index (χ1n) is 7.18. The Balaban J connectivity index is 1.95. The second kappa shape index (κ2) is 6.20. The summed E-state index contributed by atoms with van der Waals surface area (Å²) < 4.78 is 0. The van der Waals surface area contributed by atoms with Crippen LogP contribution in [0.4, 0.5) is 0 Å². The summed E-state index contributed by atoms with van der Waals surface area (Å²) in [7, 11) is 0. The van der Waals surface area contributed by atoms with Gasteiger partial charge in [0.2, 0.25) is 0 Å². The Bertz CT molecular complexity index is 442. The van der Waals surface area contributed by atoms with E-state index < -0.39 is 0 Å². The third-order valence-electron chi connectivity index (χ3n) is 3.80. The number of amides is 1. The summed E-state index contributed by atoms with van der Waals surface area (Å²) in [5, 5.41) is 3.17. The third kappa shape index (κ3) is 3.80. The van der Waals surface area contributed by atoms with Crippen molar-refractivity contribution < 1.29 is 4.79 Å². The number of nitrogens with one attached hydrogen (secondary N) is 1. The maximum atomic E-state index is 12.2. The van der Waals surface area contributed by atoms with E-state index in [2.05, 4.69) is 24.1 Å². The van der Waals surface area contributed by atoms with Gasteiger partial charge in [-0.2, -0.15) is 0 Å². The molecule has 1 aliphatic rings. The molecule has 1 aromatic carbocycles. The maximum absolute atomic E-state index is 12.2. The molecule has 19 heavy (non-hydrogen) atoms. The SMILES string of the molecule is Cc1cccc(C(=O)N[C@@H]2CCCN(C(C)C)C2)c1. The van der Waals surface area contributed by atoms with Crippen molar-refractivity contribution in [2.45, 2.75) is 45.7 Å². The fraction of sp³-hybridized carbons (Fsp3) is 0.562. The van der Waals surface area contributed by atoms with Gasteiger partial charge in [0.05, 0.1) is 0 Å². The summed E-state index contributed by atoms with van der Waals surface area (Å²) in [6, 6.07) is 8.61. The van der Waals surface area contributed by atoms with Crippen molar-refractivity contribution in [3.05, 3.63) is 35.4 Å². The van der Waals surface area contributed by atoms with E-state index in [1.807, 2.05) is 31.2 Å². The Morgan fingerprint density at radius 2 is 2.21 bits per heavy atom. The molecule has 2 rings (SSSR count). The average Bonchev–Trinajstić information content (AvgIpc) is 2.39. The number of hydrogen-bond acceptors (Lipinski definition) is 2. The molecule has 3 heteroatoms. The monoisotopic (exact) mass is 260 g/mol. The van der Waals surface area contributed by atoms with Gasteiger partial charge < -0.3 is 5.32 Å². The quantitative estimate of drug-likeness (QED) is 0.906. The molecule has 1 amide bonds. The number of hydrogen-bond donors (Lipinski definition) is 1. The fourth-order valence-electron chi connectivity index (χ4n) is 2.65. The molecule has 1 atom stereocenters. The Morgan fingerprint density at radius 3 is 2.89 bits per heavy atom. The van der Waals surface area contributed by atoms with Gasteiger partial charge in [-0.15, -0.1) is 0 Å². The molecule has 0 saturated carbocycles. The second-order valence-electron chi connectivity index (χ2n) is 5.77. The molecule has 104 valence electrons. The molecular formula is C16H24N2O. The molecule has 0 aliphatic carbocycles. The van der Waals surface area contributed by atoms with Crippen molar-refractivity contribution in [2.75, 3.05) is 13.1 Å². The minimum Gasteiger partial charge on any atom is -0.348 e. The van der Waals surface area contributed by atoms with Gasteiger partial charge in [-0.05, 0) is 52.3 Å². The molecule has 0 radical (unpaired) electrons. The van der Waals surface area contributed by atoms with Crippen LogP contribution in [0.2, 0.25) is 0 Å². The molecule has 0 bridgehead atoms. The van der Waals surface area contributed by atoms with Crippen LogP contribution in [0.15, 0.2) is 24.3 Å². The zero-order valence-corrected chi connectivity index (χ0v) is 12.1. The topological polar surface area (TPSA) is 32.3 Å². The van der Waals surface area contributed by atoms with Crippen LogP contribution < -0.4 is 5.32 Å². The van der Waals surface area contributed by atoms with Gasteiger partial charge in [0.25, 0.3) is 5.91 Å². The lowest BCUT2D eigenvalue weighted by molar-refractivity contribution is 0.0886. The van der Waals surface area contributed by atoms with Crippen molar-refractivity contribution in [3.8, 4) is 0 Å². The van der Waals surface area contributed by atoms with Gasteiger partial charge in [-0.3, -0.25) is 9.69 Å². The van der Waals surface area contributed by atoms with Crippen LogP contribution in [0.3, 0.4) is 0 Å². The van der Waals surface area contributed by atoms with Crippen molar-refractivity contribution in [1.29, 1.82) is 0 Å². The summed E-state index contributed by atoms with van der Waals surface area (Å²) in [6.07, 6.45) is 2.25. The van der Waals surface area contributed by atoms with Crippen LogP contribution in [-0.2, 0) is 0 Å². The largest absolute Gasteiger partial charge is 0.348 e. The molecule has 0 aromatic heterocycles. The van der Waals surface area contributed by atoms with Gasteiger partial charge in [-0.25, -0.2) is 0 Å². The Hall–Kier alpha value is -1.35. The summed E-state index contributed by atoms with van der Waals surface area (Å²) >= 11 is 0. The van der Waals surface area contributed by atoms with Crippen LogP contribution in [-0.4, -0.2) is 36.0 Å². The highest BCUT2D eigenvalue weighted by Crippen LogP contribution is 2.13. The van der Waals surface area contributed by atoms with E-state index in [4.69, 9.17) is 0 Å². The highest BCUT2D eigenvalue weighted by atomic mass is 16.1. The Kier molecular flexibility index (Phi) is 4.59. The number of likely N-dealkylation sites (tertiary alicyclic amines) is 1. The third-order valence-corrected chi connectivity index (χ3v) is 3.80. The predicted octanol–water partition coefficient (Wildman–Crippen LogP) is 2.60. The number of aryl methyl sites for hydroxylation is 1. The minimum atomic E-state index is 0.0549. The van der Waals surface area contributed by atoms with Crippen molar-refractivity contribution >= 4 is 5.91 Å². The number of piperidine rings is 1. The first kappa shape index (κ1) is 14.1. The molecule has 1 saturated heterocycles. The lowest BCUT2D eigenvalue weighted by Gasteiger charge is -2.35.